The van der Waals surface area contributed by atoms with Crippen LogP contribution in [0.5, 0.6) is 0 Å². The fourth-order valence-electron chi connectivity index (χ4n) is 3.07. The Balaban J connectivity index is 1.61. The van der Waals surface area contributed by atoms with Crippen LogP contribution in [-0.4, -0.2) is 25.4 Å². The Morgan fingerprint density at radius 1 is 0.968 bits per heavy atom. The van der Waals surface area contributed by atoms with E-state index in [2.05, 4.69) is 15.0 Å². The van der Waals surface area contributed by atoms with E-state index in [0.29, 0.717) is 5.13 Å². The van der Waals surface area contributed by atoms with E-state index in [9.17, 15) is 17.6 Å². The second-order valence-electron chi connectivity index (χ2n) is 6.77. The third-order valence-electron chi connectivity index (χ3n) is 4.55. The number of hydrogen-bond acceptors (Lipinski definition) is 5. The molecular formula is C22H18FN3O3S2. The molecule has 1 unspecified atom stereocenters. The Kier molecular flexibility index (Phi) is 6.08. The molecule has 0 radical (unpaired) electrons. The fourth-order valence-corrected chi connectivity index (χ4v) is 5.21. The van der Waals surface area contributed by atoms with Crippen LogP contribution in [0.25, 0.3) is 10.2 Å². The molecule has 6 nitrogen and oxygen atoms in total. The SMILES string of the molecule is O=C(Nc1nc2ccccc2s1)C(Cc1ccccc1)NS(=O)(=O)c1ccccc1F. The molecule has 0 saturated carbocycles. The predicted octanol–water partition coefficient (Wildman–Crippen LogP) is 3.96. The van der Waals surface area contributed by atoms with Gasteiger partial charge >= 0.3 is 0 Å². The summed E-state index contributed by atoms with van der Waals surface area (Å²) in [7, 11) is -4.28. The largest absolute Gasteiger partial charge is 0.301 e. The zero-order valence-electron chi connectivity index (χ0n) is 16.2. The molecule has 0 fully saturated rings. The number of carbonyl (C=O) groups excluding carboxylic acids is 1. The minimum absolute atomic E-state index is 0.0885. The van der Waals surface area contributed by atoms with Crippen molar-refractivity contribution >= 4 is 42.6 Å². The Hall–Kier alpha value is -3.14. The fraction of sp³-hybridized carbons (Fsp3) is 0.0909. The number of aromatic nitrogens is 1. The summed E-state index contributed by atoms with van der Waals surface area (Å²) in [6.45, 7) is 0. The van der Waals surface area contributed by atoms with Crippen molar-refractivity contribution in [3.63, 3.8) is 0 Å². The molecule has 1 amide bonds. The number of thiazole rings is 1. The van der Waals surface area contributed by atoms with E-state index in [1.807, 2.05) is 30.3 Å². The van der Waals surface area contributed by atoms with Gasteiger partial charge in [0.15, 0.2) is 5.13 Å². The zero-order valence-corrected chi connectivity index (χ0v) is 17.8. The van der Waals surface area contributed by atoms with Crippen LogP contribution >= 0.6 is 11.3 Å². The highest BCUT2D eigenvalue weighted by molar-refractivity contribution is 7.89. The highest BCUT2D eigenvalue weighted by Gasteiger charge is 2.28. The monoisotopic (exact) mass is 455 g/mol. The summed E-state index contributed by atoms with van der Waals surface area (Å²) in [6.07, 6.45) is 0.0885. The average molecular weight is 456 g/mol. The lowest BCUT2D eigenvalue weighted by Crippen LogP contribution is -2.45. The average Bonchev–Trinajstić information content (AvgIpc) is 3.16. The molecule has 158 valence electrons. The number of carbonyl (C=O) groups is 1. The molecule has 1 aromatic heterocycles. The first-order chi connectivity index (χ1) is 14.9. The lowest BCUT2D eigenvalue weighted by molar-refractivity contribution is -0.117. The van der Waals surface area contributed by atoms with Crippen molar-refractivity contribution in [2.45, 2.75) is 17.4 Å². The molecule has 0 saturated heterocycles. The van der Waals surface area contributed by atoms with Gasteiger partial charge in [0, 0.05) is 0 Å². The predicted molar refractivity (Wildman–Crippen MR) is 119 cm³/mol. The summed E-state index contributed by atoms with van der Waals surface area (Å²) in [6, 6.07) is 20.3. The van der Waals surface area contributed by atoms with E-state index in [1.165, 1.54) is 23.5 Å². The highest BCUT2D eigenvalue weighted by Crippen LogP contribution is 2.25. The molecule has 0 aliphatic heterocycles. The van der Waals surface area contributed by atoms with Gasteiger partial charge in [-0.15, -0.1) is 0 Å². The molecule has 1 heterocycles. The Morgan fingerprint density at radius 2 is 1.65 bits per heavy atom. The number of para-hydroxylation sites is 1. The molecule has 1 atom stereocenters. The number of nitrogens with zero attached hydrogens (tertiary/aromatic N) is 1. The highest BCUT2D eigenvalue weighted by atomic mass is 32.2. The number of rotatable bonds is 7. The molecule has 0 aliphatic rings. The van der Waals surface area contributed by atoms with Crippen molar-refractivity contribution in [3.05, 3.63) is 90.2 Å². The van der Waals surface area contributed by atoms with E-state index in [-0.39, 0.29) is 6.42 Å². The third-order valence-corrected chi connectivity index (χ3v) is 7.00. The van der Waals surface area contributed by atoms with Crippen LogP contribution < -0.4 is 10.0 Å². The van der Waals surface area contributed by atoms with Crippen LogP contribution in [0.15, 0.2) is 83.8 Å². The van der Waals surface area contributed by atoms with Gasteiger partial charge < -0.3 is 5.32 Å². The minimum atomic E-state index is -4.28. The Morgan fingerprint density at radius 3 is 2.39 bits per heavy atom. The standard InChI is InChI=1S/C22H18FN3O3S2/c23-16-10-4-7-13-20(16)31(28,29)26-18(14-15-8-2-1-3-9-15)21(27)25-22-24-17-11-5-6-12-19(17)30-22/h1-13,18,26H,14H2,(H,24,25,27). The van der Waals surface area contributed by atoms with Gasteiger partial charge in [0.1, 0.15) is 16.8 Å². The summed E-state index contributed by atoms with van der Waals surface area (Å²) in [5.41, 5.74) is 1.48. The zero-order chi connectivity index (χ0) is 21.8. The number of benzene rings is 3. The first kappa shape index (κ1) is 21.1. The molecule has 0 spiro atoms. The smallest absolute Gasteiger partial charge is 0.244 e. The second kappa shape index (κ2) is 8.93. The number of amides is 1. The normalized spacial score (nSPS) is 12.5. The molecular weight excluding hydrogens is 437 g/mol. The summed E-state index contributed by atoms with van der Waals surface area (Å²) in [5.74, 6) is -1.47. The number of anilines is 1. The van der Waals surface area contributed by atoms with Gasteiger partial charge in [-0.1, -0.05) is 65.9 Å². The van der Waals surface area contributed by atoms with Crippen molar-refractivity contribution in [1.29, 1.82) is 0 Å². The van der Waals surface area contributed by atoms with Gasteiger partial charge in [0.05, 0.1) is 10.2 Å². The number of halogens is 1. The molecule has 9 heteroatoms. The van der Waals surface area contributed by atoms with Crippen LogP contribution in [-0.2, 0) is 21.2 Å². The van der Waals surface area contributed by atoms with Crippen molar-refractivity contribution in [3.8, 4) is 0 Å². The maximum atomic E-state index is 14.1. The quantitative estimate of drug-likeness (QED) is 0.442. The van der Waals surface area contributed by atoms with Crippen molar-refractivity contribution in [2.75, 3.05) is 5.32 Å². The van der Waals surface area contributed by atoms with Gasteiger partial charge in [-0.25, -0.2) is 17.8 Å². The molecule has 2 N–H and O–H groups in total. The molecule has 0 bridgehead atoms. The Bertz CT molecular complexity index is 1290. The van der Waals surface area contributed by atoms with Gasteiger partial charge in [-0.2, -0.15) is 4.72 Å². The molecule has 31 heavy (non-hydrogen) atoms. The summed E-state index contributed by atoms with van der Waals surface area (Å²) >= 11 is 1.29. The number of nitrogens with one attached hydrogen (secondary N) is 2. The van der Waals surface area contributed by atoms with Crippen LogP contribution in [0.3, 0.4) is 0 Å². The van der Waals surface area contributed by atoms with Gasteiger partial charge in [0.2, 0.25) is 15.9 Å². The second-order valence-corrected chi connectivity index (χ2v) is 9.48. The van der Waals surface area contributed by atoms with E-state index >= 15 is 0 Å². The van der Waals surface area contributed by atoms with Gasteiger partial charge in [-0.3, -0.25) is 4.79 Å². The van der Waals surface area contributed by atoms with Gasteiger partial charge in [-0.05, 0) is 36.2 Å². The lowest BCUT2D eigenvalue weighted by Gasteiger charge is -2.18. The van der Waals surface area contributed by atoms with E-state index in [4.69, 9.17) is 0 Å². The van der Waals surface area contributed by atoms with Crippen LogP contribution in [0.2, 0.25) is 0 Å². The third kappa shape index (κ3) is 4.96. The van der Waals surface area contributed by atoms with Crippen molar-refractivity contribution in [1.82, 2.24) is 9.71 Å². The van der Waals surface area contributed by atoms with E-state index < -0.39 is 32.7 Å². The molecule has 4 rings (SSSR count). The summed E-state index contributed by atoms with van der Waals surface area (Å²) in [4.78, 5) is 16.9. The molecule has 3 aromatic carbocycles. The van der Waals surface area contributed by atoms with E-state index in [0.717, 1.165) is 27.9 Å². The van der Waals surface area contributed by atoms with E-state index in [1.54, 1.807) is 24.3 Å². The topological polar surface area (TPSA) is 88.2 Å². The minimum Gasteiger partial charge on any atom is -0.301 e. The van der Waals surface area contributed by atoms with Crippen LogP contribution in [0.4, 0.5) is 9.52 Å². The summed E-state index contributed by atoms with van der Waals surface area (Å²) in [5, 5.41) is 3.04. The molecule has 0 aliphatic carbocycles. The van der Waals surface area contributed by atoms with Crippen LogP contribution in [0.1, 0.15) is 5.56 Å². The molecule has 4 aromatic rings. The van der Waals surface area contributed by atoms with Crippen molar-refractivity contribution < 1.29 is 17.6 Å². The maximum Gasteiger partial charge on any atom is 0.244 e. The maximum absolute atomic E-state index is 14.1. The first-order valence-corrected chi connectivity index (χ1v) is 11.7. The van der Waals surface area contributed by atoms with Gasteiger partial charge in [0.25, 0.3) is 0 Å². The van der Waals surface area contributed by atoms with Crippen molar-refractivity contribution in [2.24, 2.45) is 0 Å². The number of sulfonamides is 1. The number of hydrogen-bond donors (Lipinski definition) is 2. The Labute approximate surface area is 182 Å². The lowest BCUT2D eigenvalue weighted by atomic mass is 10.1. The first-order valence-electron chi connectivity index (χ1n) is 9.39. The summed E-state index contributed by atoms with van der Waals surface area (Å²) < 4.78 is 43.0. The van der Waals surface area contributed by atoms with Crippen LogP contribution in [0, 0.1) is 5.82 Å². The number of fused-ring (bicyclic) bond motifs is 1.